The van der Waals surface area contributed by atoms with Crippen LogP contribution in [0.1, 0.15) is 22.3 Å². The first kappa shape index (κ1) is 12.7. The molecule has 2 aromatic heterocycles. The lowest BCUT2D eigenvalue weighted by molar-refractivity contribution is 0.541. The Hall–Kier alpha value is -0.750. The quantitative estimate of drug-likeness (QED) is 0.674. The number of thiophene rings is 1. The summed E-state index contributed by atoms with van der Waals surface area (Å²) in [5, 5.41) is 0. The number of hydrogen-bond acceptors (Lipinski definition) is 4. The molecular weight excluding hydrogens is 298 g/mol. The maximum absolute atomic E-state index is 5.61. The van der Waals surface area contributed by atoms with Gasteiger partial charge in [0, 0.05) is 17.0 Å². The van der Waals surface area contributed by atoms with E-state index in [1.165, 1.54) is 4.88 Å². The molecule has 2 heterocycles. The van der Waals surface area contributed by atoms with E-state index in [0.29, 0.717) is 0 Å². The van der Waals surface area contributed by atoms with Crippen molar-refractivity contribution in [3.05, 3.63) is 50.4 Å². The van der Waals surface area contributed by atoms with Gasteiger partial charge in [0.25, 0.3) is 0 Å². The van der Waals surface area contributed by atoms with E-state index in [9.17, 15) is 0 Å². The summed E-state index contributed by atoms with van der Waals surface area (Å²) < 4.78 is 1.14. The highest BCUT2D eigenvalue weighted by molar-refractivity contribution is 9.11. The van der Waals surface area contributed by atoms with Crippen LogP contribution in [0.25, 0.3) is 0 Å². The number of nitrogens with one attached hydrogen (secondary N) is 1. The average molecular weight is 312 g/mol. The SMILES string of the molecule is Cc1cccc(C(Cc2ccc(Br)s2)NN)n1. The molecule has 90 valence electrons. The van der Waals surface area contributed by atoms with Crippen LogP contribution in [0.15, 0.2) is 34.1 Å². The highest BCUT2D eigenvalue weighted by Gasteiger charge is 2.13. The molecule has 0 spiro atoms. The Bertz CT molecular complexity index is 498. The molecule has 1 atom stereocenters. The summed E-state index contributed by atoms with van der Waals surface area (Å²) in [6.45, 7) is 1.98. The summed E-state index contributed by atoms with van der Waals surface area (Å²) in [6, 6.07) is 10.2. The van der Waals surface area contributed by atoms with Crippen LogP contribution >= 0.6 is 27.3 Å². The van der Waals surface area contributed by atoms with Crippen LogP contribution in [-0.2, 0) is 6.42 Å². The van der Waals surface area contributed by atoms with E-state index >= 15 is 0 Å². The van der Waals surface area contributed by atoms with Crippen LogP contribution in [0, 0.1) is 6.92 Å². The van der Waals surface area contributed by atoms with Crippen molar-refractivity contribution >= 4 is 27.3 Å². The molecule has 3 nitrogen and oxygen atoms in total. The first-order valence-electron chi connectivity index (χ1n) is 5.33. The van der Waals surface area contributed by atoms with Crippen LogP contribution in [-0.4, -0.2) is 4.98 Å². The van der Waals surface area contributed by atoms with Crippen molar-refractivity contribution in [1.82, 2.24) is 10.4 Å². The first-order chi connectivity index (χ1) is 8.19. The average Bonchev–Trinajstić information content (AvgIpc) is 2.72. The van der Waals surface area contributed by atoms with E-state index < -0.39 is 0 Å². The molecule has 0 aliphatic carbocycles. The van der Waals surface area contributed by atoms with Crippen molar-refractivity contribution in [3.8, 4) is 0 Å². The second-order valence-corrected chi connectivity index (χ2v) is 6.38. The second kappa shape index (κ2) is 5.73. The van der Waals surface area contributed by atoms with E-state index in [4.69, 9.17) is 5.84 Å². The van der Waals surface area contributed by atoms with Crippen molar-refractivity contribution < 1.29 is 0 Å². The smallest absolute Gasteiger partial charge is 0.0701 e. The van der Waals surface area contributed by atoms with Gasteiger partial charge in [0.1, 0.15) is 0 Å². The topological polar surface area (TPSA) is 50.9 Å². The number of nitrogens with zero attached hydrogens (tertiary/aromatic N) is 1. The predicted molar refractivity (Wildman–Crippen MR) is 74.8 cm³/mol. The van der Waals surface area contributed by atoms with Gasteiger partial charge in [-0.15, -0.1) is 11.3 Å². The number of aryl methyl sites for hydroxylation is 1. The molecule has 5 heteroatoms. The number of hydrogen-bond donors (Lipinski definition) is 2. The third kappa shape index (κ3) is 3.35. The molecule has 0 radical (unpaired) electrons. The minimum Gasteiger partial charge on any atom is -0.271 e. The van der Waals surface area contributed by atoms with Crippen LogP contribution in [0.4, 0.5) is 0 Å². The Labute approximate surface area is 113 Å². The summed E-state index contributed by atoms with van der Waals surface area (Å²) >= 11 is 5.19. The molecule has 0 fully saturated rings. The minimum absolute atomic E-state index is 0.0560. The predicted octanol–water partition coefficient (Wildman–Crippen LogP) is 2.96. The number of hydrazine groups is 1. The maximum atomic E-state index is 5.61. The fourth-order valence-corrected chi connectivity index (χ4v) is 3.20. The summed E-state index contributed by atoms with van der Waals surface area (Å²) in [6.07, 6.45) is 0.850. The summed E-state index contributed by atoms with van der Waals surface area (Å²) in [7, 11) is 0. The normalized spacial score (nSPS) is 12.6. The van der Waals surface area contributed by atoms with E-state index in [0.717, 1.165) is 21.6 Å². The van der Waals surface area contributed by atoms with Crippen molar-refractivity contribution in [3.63, 3.8) is 0 Å². The lowest BCUT2D eigenvalue weighted by Gasteiger charge is -2.14. The van der Waals surface area contributed by atoms with Crippen molar-refractivity contribution in [2.45, 2.75) is 19.4 Å². The summed E-state index contributed by atoms with van der Waals surface area (Å²) in [5.74, 6) is 5.61. The Morgan fingerprint density at radius 3 is 2.82 bits per heavy atom. The summed E-state index contributed by atoms with van der Waals surface area (Å²) in [4.78, 5) is 5.78. The molecule has 0 aliphatic rings. The van der Waals surface area contributed by atoms with Gasteiger partial charge in [-0.1, -0.05) is 6.07 Å². The number of nitrogens with two attached hydrogens (primary N) is 1. The van der Waals surface area contributed by atoms with E-state index in [1.54, 1.807) is 11.3 Å². The van der Waals surface area contributed by atoms with Gasteiger partial charge >= 0.3 is 0 Å². The van der Waals surface area contributed by atoms with E-state index in [-0.39, 0.29) is 6.04 Å². The van der Waals surface area contributed by atoms with Gasteiger partial charge in [0.05, 0.1) is 15.5 Å². The highest BCUT2D eigenvalue weighted by atomic mass is 79.9. The molecule has 17 heavy (non-hydrogen) atoms. The molecule has 0 saturated carbocycles. The monoisotopic (exact) mass is 311 g/mol. The number of halogens is 1. The number of rotatable bonds is 4. The lowest BCUT2D eigenvalue weighted by atomic mass is 10.1. The molecule has 2 aromatic rings. The fourth-order valence-electron chi connectivity index (χ4n) is 1.67. The Morgan fingerprint density at radius 1 is 1.41 bits per heavy atom. The van der Waals surface area contributed by atoms with Crippen molar-refractivity contribution in [2.75, 3.05) is 0 Å². The van der Waals surface area contributed by atoms with Gasteiger partial charge in [0.15, 0.2) is 0 Å². The molecule has 0 saturated heterocycles. The van der Waals surface area contributed by atoms with Gasteiger partial charge < -0.3 is 0 Å². The zero-order valence-electron chi connectivity index (χ0n) is 9.48. The molecule has 0 bridgehead atoms. The van der Waals surface area contributed by atoms with Gasteiger partial charge in [-0.25, -0.2) is 0 Å². The van der Waals surface area contributed by atoms with E-state index in [1.807, 2.05) is 25.1 Å². The fraction of sp³-hybridized carbons (Fsp3) is 0.250. The lowest BCUT2D eigenvalue weighted by Crippen LogP contribution is -2.30. The molecule has 2 rings (SSSR count). The Morgan fingerprint density at radius 2 is 2.24 bits per heavy atom. The van der Waals surface area contributed by atoms with Crippen LogP contribution in [0.2, 0.25) is 0 Å². The first-order valence-corrected chi connectivity index (χ1v) is 6.94. The maximum Gasteiger partial charge on any atom is 0.0701 e. The molecule has 1 unspecified atom stereocenters. The number of pyridine rings is 1. The van der Waals surface area contributed by atoms with Crippen LogP contribution in [0.3, 0.4) is 0 Å². The largest absolute Gasteiger partial charge is 0.271 e. The van der Waals surface area contributed by atoms with Crippen LogP contribution in [0.5, 0.6) is 0 Å². The van der Waals surface area contributed by atoms with Gasteiger partial charge in [0.2, 0.25) is 0 Å². The minimum atomic E-state index is 0.0560. The third-order valence-electron chi connectivity index (χ3n) is 2.50. The zero-order valence-corrected chi connectivity index (χ0v) is 11.9. The standard InChI is InChI=1S/C12H14BrN3S/c1-8-3-2-4-10(15-8)11(16-14)7-9-5-6-12(13)17-9/h2-6,11,16H,7,14H2,1H3. The van der Waals surface area contributed by atoms with Gasteiger partial charge in [-0.2, -0.15) is 0 Å². The van der Waals surface area contributed by atoms with Gasteiger partial charge in [-0.05, 0) is 47.1 Å². The van der Waals surface area contributed by atoms with Crippen molar-refractivity contribution in [1.29, 1.82) is 0 Å². The molecule has 0 aliphatic heterocycles. The van der Waals surface area contributed by atoms with Crippen LogP contribution < -0.4 is 11.3 Å². The molecule has 3 N–H and O–H groups in total. The zero-order chi connectivity index (χ0) is 12.3. The van der Waals surface area contributed by atoms with E-state index in [2.05, 4.69) is 38.5 Å². The Balaban J connectivity index is 2.16. The summed E-state index contributed by atoms with van der Waals surface area (Å²) in [5.41, 5.74) is 4.82. The third-order valence-corrected chi connectivity index (χ3v) is 4.15. The molecule has 0 aromatic carbocycles. The highest BCUT2D eigenvalue weighted by Crippen LogP contribution is 2.26. The Kier molecular flexibility index (Phi) is 4.28. The molecular formula is C12H14BrN3S. The molecule has 0 amide bonds. The van der Waals surface area contributed by atoms with Gasteiger partial charge in [-0.3, -0.25) is 16.3 Å². The second-order valence-electron chi connectivity index (χ2n) is 3.83. The van der Waals surface area contributed by atoms with Crippen molar-refractivity contribution in [2.24, 2.45) is 5.84 Å². The number of aromatic nitrogens is 1.